The van der Waals surface area contributed by atoms with Gasteiger partial charge in [-0.2, -0.15) is 0 Å². The Labute approximate surface area is 476 Å². The largest absolute Gasteiger partial charge is 0.756 e. The van der Waals surface area contributed by atoms with E-state index in [9.17, 15) is 19.0 Å². The molecule has 0 radical (unpaired) electrons. The molecule has 0 spiro atoms. The Kier molecular flexibility index (Phi) is 54.4. The van der Waals surface area contributed by atoms with Gasteiger partial charge >= 0.3 is 5.97 Å². The van der Waals surface area contributed by atoms with E-state index in [0.717, 1.165) is 122 Å². The summed E-state index contributed by atoms with van der Waals surface area (Å²) in [6, 6.07) is -0.896. The molecule has 0 aromatic carbocycles. The molecule has 0 rings (SSSR count). The number of hydrogen-bond donors (Lipinski definition) is 1. The molecule has 9 nitrogen and oxygen atoms in total. The number of phosphoric acid groups is 1. The van der Waals surface area contributed by atoms with Crippen LogP contribution in [0.3, 0.4) is 0 Å². The molecule has 10 heteroatoms. The highest BCUT2D eigenvalue weighted by atomic mass is 31.2. The second-order valence-corrected chi connectivity index (χ2v) is 23.9. The molecule has 3 atom stereocenters. The molecule has 0 aliphatic rings. The summed E-state index contributed by atoms with van der Waals surface area (Å²) in [6.45, 7) is 6.69. The van der Waals surface area contributed by atoms with E-state index < -0.39 is 26.6 Å². The van der Waals surface area contributed by atoms with Crippen LogP contribution >= 0.6 is 7.82 Å². The summed E-state index contributed by atoms with van der Waals surface area (Å²) in [5, 5.41) is 3.02. The summed E-state index contributed by atoms with van der Waals surface area (Å²) in [4.78, 5) is 39.9. The maximum atomic E-state index is 13.5. The minimum Gasteiger partial charge on any atom is -0.756 e. The minimum atomic E-state index is -4.70. The lowest BCUT2D eigenvalue weighted by Gasteiger charge is -2.30. The number of amides is 1. The van der Waals surface area contributed by atoms with E-state index in [1.807, 2.05) is 33.3 Å². The smallest absolute Gasteiger partial charge is 0.306 e. The van der Waals surface area contributed by atoms with E-state index in [-0.39, 0.29) is 24.9 Å². The first-order valence-corrected chi connectivity index (χ1v) is 33.4. The summed E-state index contributed by atoms with van der Waals surface area (Å²) >= 11 is 0. The van der Waals surface area contributed by atoms with Crippen LogP contribution in [-0.2, 0) is 27.9 Å². The van der Waals surface area contributed by atoms with Crippen LogP contribution in [0.1, 0.15) is 278 Å². The van der Waals surface area contributed by atoms with E-state index in [1.165, 1.54) is 122 Å². The quantitative estimate of drug-likeness (QED) is 0.0212. The first-order valence-electron chi connectivity index (χ1n) is 31.9. The van der Waals surface area contributed by atoms with Gasteiger partial charge in [0.05, 0.1) is 33.8 Å². The van der Waals surface area contributed by atoms with Gasteiger partial charge in [-0.15, -0.1) is 0 Å². The Balaban J connectivity index is 5.07. The monoisotopic (exact) mass is 1100 g/mol. The van der Waals surface area contributed by atoms with Crippen LogP contribution in [0.5, 0.6) is 0 Å². The van der Waals surface area contributed by atoms with Crippen molar-refractivity contribution >= 4 is 19.7 Å². The summed E-state index contributed by atoms with van der Waals surface area (Å²) in [7, 11) is 1.17. The zero-order valence-corrected chi connectivity index (χ0v) is 51.8. The summed E-state index contributed by atoms with van der Waals surface area (Å²) in [5.41, 5.74) is 0. The third-order valence-corrected chi connectivity index (χ3v) is 14.8. The molecule has 0 saturated carbocycles. The van der Waals surface area contributed by atoms with Gasteiger partial charge in [-0.1, -0.05) is 254 Å². The lowest BCUT2D eigenvalue weighted by atomic mass is 10.0. The molecule has 1 N–H and O–H groups in total. The van der Waals surface area contributed by atoms with Crippen LogP contribution in [0.4, 0.5) is 0 Å². The van der Waals surface area contributed by atoms with Crippen molar-refractivity contribution in [2.24, 2.45) is 0 Å². The first-order chi connectivity index (χ1) is 37.4. The number of carbonyl (C=O) groups is 2. The molecule has 0 aromatic rings. The van der Waals surface area contributed by atoms with Gasteiger partial charge in [0, 0.05) is 12.8 Å². The zero-order valence-electron chi connectivity index (χ0n) is 50.9. The second kappa shape index (κ2) is 56.5. The highest BCUT2D eigenvalue weighted by Crippen LogP contribution is 2.38. The van der Waals surface area contributed by atoms with Crippen LogP contribution < -0.4 is 10.2 Å². The third-order valence-electron chi connectivity index (χ3n) is 13.8. The number of ether oxygens (including phenoxy) is 1. The Hall–Kier alpha value is -2.81. The van der Waals surface area contributed by atoms with Crippen molar-refractivity contribution in [2.75, 3.05) is 40.9 Å². The summed E-state index contributed by atoms with van der Waals surface area (Å²) in [5.74, 6) is -0.555. The number of nitrogens with zero attached hydrogens (tertiary/aromatic N) is 1. The number of nitrogens with one attached hydrogen (secondary N) is 1. The van der Waals surface area contributed by atoms with Crippen molar-refractivity contribution in [1.29, 1.82) is 0 Å². The Morgan fingerprint density at radius 2 is 0.844 bits per heavy atom. The van der Waals surface area contributed by atoms with Gasteiger partial charge < -0.3 is 28.5 Å². The van der Waals surface area contributed by atoms with Crippen molar-refractivity contribution in [2.45, 2.75) is 290 Å². The zero-order chi connectivity index (χ0) is 56.4. The van der Waals surface area contributed by atoms with Gasteiger partial charge in [0.2, 0.25) is 5.91 Å². The molecule has 0 aromatic heterocycles. The second-order valence-electron chi connectivity index (χ2n) is 22.5. The predicted octanol–water partition coefficient (Wildman–Crippen LogP) is 19.1. The fraction of sp³-hybridized carbons (Fsp3) is 0.761. The SMILES string of the molecule is CC/C=C\C/C=C\C/C=C\C/C=C\C/C=C\CCCCCCCCCCCCCC(=O)OC(/C=C\CCCCCCCCCCCCC)C(COP(=O)([O-])OCC[N+](C)(C)C)NC(=O)CCCCCCC/C=C\CCCC. The molecule has 77 heavy (non-hydrogen) atoms. The standard InChI is InChI=1S/C67H121N2O7P/c1-7-10-13-16-19-22-25-27-28-29-30-31-32-33-34-35-36-37-38-39-40-42-45-48-51-54-57-60-67(71)76-65(58-55-52-49-46-44-41-26-23-20-17-14-11-8-2)64(63-75-77(72,73)74-62-61-69(4,5)6)68-66(70)59-56-53-50-47-43-24-21-18-15-12-9-3/h10,13,18-19,21-22,27-28,30-31,33-34,55,58,64-65H,7-9,11-12,14-17,20,23-26,29,32,35-54,56-57,59-63H2,1-6H3,(H-,68,70,72,73)/b13-10-,21-18-,22-19-,28-27-,31-30-,34-33-,58-55-. The molecular formula is C67H121N2O7P. The minimum absolute atomic E-state index is 0.0266. The highest BCUT2D eigenvalue weighted by molar-refractivity contribution is 7.45. The predicted molar refractivity (Wildman–Crippen MR) is 330 cm³/mol. The Morgan fingerprint density at radius 3 is 1.30 bits per heavy atom. The van der Waals surface area contributed by atoms with E-state index in [1.54, 1.807) is 0 Å². The normalized spacial score (nSPS) is 14.2. The molecule has 446 valence electrons. The van der Waals surface area contributed by atoms with Crippen molar-refractivity contribution < 1.29 is 37.3 Å². The number of phosphoric ester groups is 1. The van der Waals surface area contributed by atoms with Crippen LogP contribution in [0, 0.1) is 0 Å². The van der Waals surface area contributed by atoms with Crippen molar-refractivity contribution in [3.63, 3.8) is 0 Å². The number of allylic oxidation sites excluding steroid dienone is 13. The molecule has 1 amide bonds. The topological polar surface area (TPSA) is 114 Å². The fourth-order valence-corrected chi connectivity index (χ4v) is 9.61. The van der Waals surface area contributed by atoms with Gasteiger partial charge in [0.25, 0.3) is 7.82 Å². The van der Waals surface area contributed by atoms with Gasteiger partial charge in [0.15, 0.2) is 0 Å². The summed E-state index contributed by atoms with van der Waals surface area (Å²) in [6.07, 6.45) is 74.2. The number of likely N-dealkylation sites (N-methyl/N-ethyl adjacent to an activating group) is 1. The maximum absolute atomic E-state index is 13.5. The van der Waals surface area contributed by atoms with Gasteiger partial charge in [-0.25, -0.2) is 0 Å². The molecule has 3 unspecified atom stereocenters. The average molecular weight is 1100 g/mol. The molecular weight excluding hydrogens is 976 g/mol. The fourth-order valence-electron chi connectivity index (χ4n) is 8.88. The number of rotatable bonds is 57. The van der Waals surface area contributed by atoms with Crippen molar-refractivity contribution in [3.8, 4) is 0 Å². The van der Waals surface area contributed by atoms with Gasteiger partial charge in [-0.05, 0) is 96.0 Å². The molecule has 0 saturated heterocycles. The lowest BCUT2D eigenvalue weighted by molar-refractivity contribution is -0.870. The third kappa shape index (κ3) is 57.7. The average Bonchev–Trinajstić information content (AvgIpc) is 3.39. The number of quaternary nitrogens is 1. The van der Waals surface area contributed by atoms with E-state index in [4.69, 9.17) is 13.8 Å². The molecule has 0 fully saturated rings. The maximum Gasteiger partial charge on any atom is 0.306 e. The first kappa shape index (κ1) is 74.2. The van der Waals surface area contributed by atoms with Gasteiger partial charge in [-0.3, -0.25) is 14.2 Å². The van der Waals surface area contributed by atoms with Crippen molar-refractivity contribution in [1.82, 2.24) is 5.32 Å². The highest BCUT2D eigenvalue weighted by Gasteiger charge is 2.27. The Morgan fingerprint density at radius 1 is 0.468 bits per heavy atom. The molecule has 0 heterocycles. The van der Waals surface area contributed by atoms with Crippen LogP contribution in [0.15, 0.2) is 85.1 Å². The van der Waals surface area contributed by atoms with Gasteiger partial charge in [0.1, 0.15) is 19.3 Å². The number of carbonyl (C=O) groups excluding carboxylic acids is 2. The van der Waals surface area contributed by atoms with Crippen molar-refractivity contribution in [3.05, 3.63) is 85.1 Å². The Bertz CT molecular complexity index is 1590. The molecule has 0 aliphatic heterocycles. The number of unbranched alkanes of at least 4 members (excludes halogenated alkanes) is 29. The van der Waals surface area contributed by atoms with Crippen LogP contribution in [0.2, 0.25) is 0 Å². The number of hydrogen-bond acceptors (Lipinski definition) is 7. The molecule has 0 aliphatic carbocycles. The van der Waals surface area contributed by atoms with E-state index in [2.05, 4.69) is 99.0 Å². The summed E-state index contributed by atoms with van der Waals surface area (Å²) < 4.78 is 30.3. The van der Waals surface area contributed by atoms with Crippen LogP contribution in [0.25, 0.3) is 0 Å². The van der Waals surface area contributed by atoms with Crippen LogP contribution in [-0.4, -0.2) is 69.4 Å². The number of esters is 1. The lowest BCUT2D eigenvalue weighted by Crippen LogP contribution is -2.47. The van der Waals surface area contributed by atoms with E-state index >= 15 is 0 Å². The molecule has 0 bridgehead atoms. The van der Waals surface area contributed by atoms with E-state index in [0.29, 0.717) is 17.4 Å².